The van der Waals surface area contributed by atoms with E-state index in [0.29, 0.717) is 0 Å². The number of hydrogen-bond acceptors (Lipinski definition) is 2. The van der Waals surface area contributed by atoms with Gasteiger partial charge in [-0.05, 0) is 171 Å². The van der Waals surface area contributed by atoms with Crippen LogP contribution in [0.3, 0.4) is 0 Å². The van der Waals surface area contributed by atoms with Gasteiger partial charge in [0.05, 0.1) is 37.0 Å². The molecule has 2 nitrogen and oxygen atoms in total. The third kappa shape index (κ3) is 10.1. The maximum Gasteiger partial charge on any atom is 0.0657 e. The van der Waals surface area contributed by atoms with E-state index in [2.05, 4.69) is 275 Å². The van der Waals surface area contributed by atoms with Gasteiger partial charge in [0.2, 0.25) is 0 Å². The Kier molecular flexibility index (Phi) is 12.9. The number of rotatable bonds is 6. The van der Waals surface area contributed by atoms with Crippen molar-refractivity contribution in [3.63, 3.8) is 0 Å². The van der Waals surface area contributed by atoms with Gasteiger partial charge in [-0.3, -0.25) is 0 Å². The van der Waals surface area contributed by atoms with Crippen LogP contribution in [0.2, 0.25) is 0 Å². The lowest BCUT2D eigenvalue weighted by atomic mass is 9.85. The van der Waals surface area contributed by atoms with Crippen LogP contribution in [0.4, 0.5) is 17.1 Å². The third-order valence-electron chi connectivity index (χ3n) is 12.9. The molecule has 0 bridgehead atoms. The molecule has 0 saturated carbocycles. The van der Waals surface area contributed by atoms with E-state index in [1.807, 2.05) is 11.8 Å². The van der Waals surface area contributed by atoms with E-state index in [-0.39, 0.29) is 32.5 Å². The van der Waals surface area contributed by atoms with Gasteiger partial charge < -0.3 is 9.47 Å². The number of aromatic nitrogens is 1. The van der Waals surface area contributed by atoms with Gasteiger partial charge in [0.15, 0.2) is 0 Å². The van der Waals surface area contributed by atoms with E-state index in [1.165, 1.54) is 65.0 Å². The zero-order valence-electron chi connectivity index (χ0n) is 42.5. The maximum absolute atomic E-state index is 4.40. The molecule has 0 N–H and O–H groups in total. The van der Waals surface area contributed by atoms with Crippen LogP contribution in [0.5, 0.6) is 0 Å². The minimum Gasteiger partial charge on any atom is -0.308 e. The second kappa shape index (κ2) is 17.1. The highest BCUT2D eigenvalue weighted by molar-refractivity contribution is 9.11. The van der Waals surface area contributed by atoms with Crippen LogP contribution in [0.1, 0.15) is 158 Å². The number of benzene rings is 6. The molecule has 0 amide bonds. The second-order valence-corrected chi connectivity index (χ2v) is 27.1. The molecule has 6 aromatic carbocycles. The van der Waals surface area contributed by atoms with E-state index < -0.39 is 0 Å². The van der Waals surface area contributed by atoms with Crippen molar-refractivity contribution in [3.05, 3.63) is 152 Å². The fourth-order valence-corrected chi connectivity index (χ4v) is 10.6. The molecule has 0 fully saturated rings. The predicted molar refractivity (Wildman–Crippen MR) is 294 cm³/mol. The molecule has 0 aliphatic carbocycles. The summed E-state index contributed by atoms with van der Waals surface area (Å²) in [5.74, 6) is 0. The average molecular weight is 1010 g/mol. The molecule has 0 aliphatic heterocycles. The summed E-state index contributed by atoms with van der Waals surface area (Å²) in [4.78, 5) is 4.89. The van der Waals surface area contributed by atoms with Crippen molar-refractivity contribution < 1.29 is 0 Å². The summed E-state index contributed by atoms with van der Waals surface area (Å²) in [6.07, 6.45) is 0. The van der Waals surface area contributed by atoms with Gasteiger partial charge >= 0.3 is 0 Å². The summed E-state index contributed by atoms with van der Waals surface area (Å²) in [7, 11) is 0. The lowest BCUT2D eigenvalue weighted by Gasteiger charge is -2.33. The standard InChI is InChI=1S/C60H72Br2N2S/c1-55(2,3)37-19-25-43(26-20-37)63(51-35-42(60(16,17)18)36-52(54(51)62)65-44-27-21-38(22-28-44)56(4,5)6)49-33-41(59(13,14)15)34-50(53(49)61)64-47-29-23-39(57(7,8)9)31-45(47)46-32-40(58(10,11)12)24-30-48(46)64/h19-36H,1-18H3. The fourth-order valence-electron chi connectivity index (χ4n) is 8.49. The van der Waals surface area contributed by atoms with Crippen molar-refractivity contribution in [1.82, 2.24) is 4.57 Å². The van der Waals surface area contributed by atoms with E-state index in [4.69, 9.17) is 0 Å². The zero-order valence-corrected chi connectivity index (χ0v) is 46.4. The Labute approximate surface area is 413 Å². The van der Waals surface area contributed by atoms with Crippen LogP contribution in [-0.2, 0) is 32.5 Å². The summed E-state index contributed by atoms with van der Waals surface area (Å²) in [6, 6.07) is 42.3. The molecule has 342 valence electrons. The molecule has 0 saturated heterocycles. The van der Waals surface area contributed by atoms with Crippen LogP contribution in [0.25, 0.3) is 27.5 Å². The van der Waals surface area contributed by atoms with Crippen molar-refractivity contribution in [2.45, 2.75) is 167 Å². The van der Waals surface area contributed by atoms with Crippen LogP contribution < -0.4 is 4.90 Å². The molecular weight excluding hydrogens is 941 g/mol. The van der Waals surface area contributed by atoms with E-state index in [1.54, 1.807) is 0 Å². The number of nitrogens with zero attached hydrogens (tertiary/aromatic N) is 2. The summed E-state index contributed by atoms with van der Waals surface area (Å²) in [5, 5.41) is 2.56. The first-order chi connectivity index (χ1) is 29.8. The van der Waals surface area contributed by atoms with Gasteiger partial charge in [-0.1, -0.05) is 173 Å². The summed E-state index contributed by atoms with van der Waals surface area (Å²) >= 11 is 10.5. The number of hydrogen-bond donors (Lipinski definition) is 0. The molecule has 65 heavy (non-hydrogen) atoms. The van der Waals surface area contributed by atoms with Crippen molar-refractivity contribution in [2.24, 2.45) is 0 Å². The summed E-state index contributed by atoms with van der Waals surface area (Å²) in [5.41, 5.74) is 14.5. The Morgan fingerprint density at radius 3 is 1.17 bits per heavy atom. The highest BCUT2D eigenvalue weighted by Gasteiger charge is 2.30. The van der Waals surface area contributed by atoms with Crippen molar-refractivity contribution >= 4 is 82.5 Å². The molecule has 0 atom stereocenters. The van der Waals surface area contributed by atoms with E-state index in [0.717, 1.165) is 31.7 Å². The highest BCUT2D eigenvalue weighted by atomic mass is 79.9. The Hall–Kier alpha value is -3.77. The van der Waals surface area contributed by atoms with Gasteiger partial charge in [0.1, 0.15) is 0 Å². The Morgan fingerprint density at radius 2 is 0.754 bits per heavy atom. The molecule has 7 aromatic rings. The molecule has 1 heterocycles. The van der Waals surface area contributed by atoms with Gasteiger partial charge in [-0.25, -0.2) is 0 Å². The Bertz CT molecular complexity index is 2820. The topological polar surface area (TPSA) is 8.17 Å². The van der Waals surface area contributed by atoms with Crippen LogP contribution in [0, 0.1) is 0 Å². The third-order valence-corrected chi connectivity index (χ3v) is 15.9. The van der Waals surface area contributed by atoms with Crippen LogP contribution >= 0.6 is 43.6 Å². The molecule has 0 spiro atoms. The fraction of sp³-hybridized carbons (Fsp3) is 0.400. The highest BCUT2D eigenvalue weighted by Crippen LogP contribution is 2.51. The lowest BCUT2D eigenvalue weighted by Crippen LogP contribution is -2.19. The quantitative estimate of drug-likeness (QED) is 0.164. The molecular formula is C60H72Br2N2S. The maximum atomic E-state index is 4.40. The first-order valence-electron chi connectivity index (χ1n) is 23.3. The second-order valence-electron chi connectivity index (χ2n) is 24.4. The number of anilines is 3. The Balaban J connectivity index is 1.58. The molecule has 0 unspecified atom stereocenters. The van der Waals surface area contributed by atoms with Gasteiger partial charge in [-0.15, -0.1) is 0 Å². The normalized spacial score (nSPS) is 13.3. The smallest absolute Gasteiger partial charge is 0.0657 e. The lowest BCUT2D eigenvalue weighted by molar-refractivity contribution is 0.588. The van der Waals surface area contributed by atoms with Crippen LogP contribution in [-0.4, -0.2) is 4.57 Å². The van der Waals surface area contributed by atoms with E-state index >= 15 is 0 Å². The van der Waals surface area contributed by atoms with Gasteiger partial charge in [0.25, 0.3) is 0 Å². The van der Waals surface area contributed by atoms with Crippen LogP contribution in [0.15, 0.2) is 128 Å². The Morgan fingerprint density at radius 1 is 0.385 bits per heavy atom. The van der Waals surface area contributed by atoms with Crippen molar-refractivity contribution in [3.8, 4) is 5.69 Å². The minimum atomic E-state index is -0.158. The molecule has 1 aromatic heterocycles. The molecule has 5 heteroatoms. The first-order valence-corrected chi connectivity index (χ1v) is 25.7. The summed E-state index contributed by atoms with van der Waals surface area (Å²) < 4.78 is 4.60. The summed E-state index contributed by atoms with van der Waals surface area (Å²) in [6.45, 7) is 41.5. The van der Waals surface area contributed by atoms with Crippen molar-refractivity contribution in [2.75, 3.05) is 4.90 Å². The largest absolute Gasteiger partial charge is 0.308 e. The van der Waals surface area contributed by atoms with Gasteiger partial charge in [-0.2, -0.15) is 0 Å². The zero-order chi connectivity index (χ0) is 48.0. The first kappa shape index (κ1) is 49.1. The monoisotopic (exact) mass is 1010 g/mol. The minimum absolute atomic E-state index is 0.00912. The molecule has 7 rings (SSSR count). The number of fused-ring (bicyclic) bond motifs is 3. The van der Waals surface area contributed by atoms with Crippen molar-refractivity contribution in [1.29, 1.82) is 0 Å². The van der Waals surface area contributed by atoms with Gasteiger partial charge in [0, 0.05) is 26.3 Å². The van der Waals surface area contributed by atoms with E-state index in [9.17, 15) is 0 Å². The average Bonchev–Trinajstić information content (AvgIpc) is 3.51. The number of halogens is 2. The predicted octanol–water partition coefficient (Wildman–Crippen LogP) is 19.7. The molecule has 0 radical (unpaired) electrons. The SMILES string of the molecule is CC(C)(C)c1ccc(Sc2cc(C(C)(C)C)cc(N(c3ccc(C(C)(C)C)cc3)c3cc(C(C)(C)C)cc(-n4c5ccc(C(C)(C)C)cc5c5cc(C(C)(C)C)ccc54)c3Br)c2Br)cc1. The molecule has 0 aliphatic rings.